The summed E-state index contributed by atoms with van der Waals surface area (Å²) in [4.78, 5) is 32.5. The Morgan fingerprint density at radius 3 is 2.31 bits per heavy atom. The van der Waals surface area contributed by atoms with E-state index in [1.165, 1.54) is 6.92 Å². The molecule has 6 heteroatoms. The Hall–Kier alpha value is -1.46. The maximum atomic E-state index is 11.3. The minimum atomic E-state index is -1.45. The van der Waals surface area contributed by atoms with E-state index in [2.05, 4.69) is 4.74 Å². The van der Waals surface area contributed by atoms with Crippen molar-refractivity contribution in [1.82, 2.24) is 0 Å². The monoisotopic (exact) mass is 231 g/mol. The maximum absolute atomic E-state index is 11.3. The van der Waals surface area contributed by atoms with Gasteiger partial charge in [-0.15, -0.1) is 0 Å². The molecule has 92 valence electrons. The molecule has 0 aromatic heterocycles. The molecule has 2 atom stereocenters. The van der Waals surface area contributed by atoms with Crippen LogP contribution >= 0.6 is 0 Å². The minimum Gasteiger partial charge on any atom is -0.461 e. The van der Waals surface area contributed by atoms with Gasteiger partial charge in [0.25, 0.3) is 0 Å². The van der Waals surface area contributed by atoms with Crippen molar-refractivity contribution in [3.8, 4) is 0 Å². The van der Waals surface area contributed by atoms with E-state index in [1.54, 1.807) is 13.8 Å². The van der Waals surface area contributed by atoms with Gasteiger partial charge in [-0.1, -0.05) is 13.8 Å². The molecule has 0 saturated carbocycles. The quantitative estimate of drug-likeness (QED) is 0.373. The molecule has 0 N–H and O–H groups in total. The van der Waals surface area contributed by atoms with Crippen molar-refractivity contribution in [2.24, 2.45) is 5.92 Å². The van der Waals surface area contributed by atoms with Crippen molar-refractivity contribution >= 4 is 11.8 Å². The van der Waals surface area contributed by atoms with Crippen molar-refractivity contribution in [3.05, 3.63) is 10.1 Å². The lowest BCUT2D eigenvalue weighted by atomic mass is 9.95. The van der Waals surface area contributed by atoms with E-state index in [0.29, 0.717) is 6.42 Å². The number of ether oxygens (including phenoxy) is 1. The molecule has 0 heterocycles. The van der Waals surface area contributed by atoms with Crippen molar-refractivity contribution in [3.63, 3.8) is 0 Å². The Labute approximate surface area is 94.1 Å². The van der Waals surface area contributed by atoms with Gasteiger partial charge in [-0.05, 0) is 6.92 Å². The summed E-state index contributed by atoms with van der Waals surface area (Å²) in [6.45, 7) is 4.87. The van der Waals surface area contributed by atoms with Crippen LogP contribution < -0.4 is 0 Å². The van der Waals surface area contributed by atoms with Crippen LogP contribution in [0.25, 0.3) is 0 Å². The normalized spacial score (nSPS) is 13.9. The summed E-state index contributed by atoms with van der Waals surface area (Å²) >= 11 is 0. The number of hydrogen-bond donors (Lipinski definition) is 0. The predicted octanol–water partition coefficient (Wildman–Crippen LogP) is 1.20. The van der Waals surface area contributed by atoms with Crippen LogP contribution in [0.5, 0.6) is 0 Å². The van der Waals surface area contributed by atoms with Crippen LogP contribution in [0.1, 0.15) is 33.6 Å². The number of nitrogens with zero attached hydrogens (tertiary/aromatic N) is 1. The van der Waals surface area contributed by atoms with Gasteiger partial charge in [0.2, 0.25) is 0 Å². The molecule has 0 rings (SSSR count). The fourth-order valence-electron chi connectivity index (χ4n) is 1.37. The number of hydrogen-bond acceptors (Lipinski definition) is 5. The second kappa shape index (κ2) is 6.92. The molecule has 0 fully saturated rings. The zero-order chi connectivity index (χ0) is 12.7. The lowest BCUT2D eigenvalue weighted by molar-refractivity contribution is -0.518. The van der Waals surface area contributed by atoms with Gasteiger partial charge in [0.05, 0.1) is 6.61 Å². The third-order valence-electron chi connectivity index (χ3n) is 2.24. The Morgan fingerprint density at radius 1 is 1.38 bits per heavy atom. The second-order valence-electron chi connectivity index (χ2n) is 3.56. The van der Waals surface area contributed by atoms with Gasteiger partial charge in [-0.3, -0.25) is 14.9 Å². The van der Waals surface area contributed by atoms with Gasteiger partial charge in [-0.2, -0.15) is 0 Å². The fourth-order valence-corrected chi connectivity index (χ4v) is 1.37. The maximum Gasteiger partial charge on any atom is 0.381 e. The number of esters is 1. The Morgan fingerprint density at radius 2 is 1.94 bits per heavy atom. The topological polar surface area (TPSA) is 86.5 Å². The highest BCUT2D eigenvalue weighted by molar-refractivity contribution is 5.80. The van der Waals surface area contributed by atoms with Crippen molar-refractivity contribution in [2.45, 2.75) is 39.7 Å². The molecule has 0 spiro atoms. The summed E-state index contributed by atoms with van der Waals surface area (Å²) in [6.07, 6.45) is 0.346. The average molecular weight is 231 g/mol. The van der Waals surface area contributed by atoms with Crippen LogP contribution in [-0.2, 0) is 14.3 Å². The van der Waals surface area contributed by atoms with Gasteiger partial charge >= 0.3 is 12.0 Å². The largest absolute Gasteiger partial charge is 0.461 e. The van der Waals surface area contributed by atoms with Crippen molar-refractivity contribution < 1.29 is 19.2 Å². The van der Waals surface area contributed by atoms with Gasteiger partial charge in [-0.25, -0.2) is 4.79 Å². The summed E-state index contributed by atoms with van der Waals surface area (Å²) in [5.74, 6) is -1.60. The lowest BCUT2D eigenvalue weighted by Crippen LogP contribution is -2.38. The summed E-state index contributed by atoms with van der Waals surface area (Å²) in [5.41, 5.74) is 0. The Bertz CT molecular complexity index is 276. The molecule has 6 nitrogen and oxygen atoms in total. The van der Waals surface area contributed by atoms with E-state index in [9.17, 15) is 19.7 Å². The molecule has 2 unspecified atom stereocenters. The first-order valence-corrected chi connectivity index (χ1v) is 5.25. The number of rotatable bonds is 7. The number of ketones is 1. The van der Waals surface area contributed by atoms with Gasteiger partial charge < -0.3 is 4.74 Å². The number of nitro groups is 1. The van der Waals surface area contributed by atoms with Gasteiger partial charge in [0.1, 0.15) is 5.78 Å². The van der Waals surface area contributed by atoms with E-state index in [-0.39, 0.29) is 18.8 Å². The predicted molar refractivity (Wildman–Crippen MR) is 56.5 cm³/mol. The molecule has 0 radical (unpaired) electrons. The van der Waals surface area contributed by atoms with Gasteiger partial charge in [0, 0.05) is 23.7 Å². The Kier molecular flexibility index (Phi) is 6.29. The summed E-state index contributed by atoms with van der Waals surface area (Å²) in [5, 5.41) is 10.7. The molecule has 0 aliphatic carbocycles. The smallest absolute Gasteiger partial charge is 0.381 e. The molecule has 0 saturated heterocycles. The molecule has 0 amide bonds. The molecular formula is C10H17NO5. The molecule has 0 aliphatic rings. The van der Waals surface area contributed by atoms with E-state index in [0.717, 1.165) is 0 Å². The Balaban J connectivity index is 4.59. The second-order valence-corrected chi connectivity index (χ2v) is 3.56. The standard InChI is InChI=1S/C10H17NO5/c1-4-8(12)6-7(3)9(11(14)15)10(13)16-5-2/h7,9H,4-6H2,1-3H3. The SMILES string of the molecule is CCOC(=O)C(C(C)CC(=O)CC)[N+](=O)[O-]. The van der Waals surface area contributed by atoms with Crippen molar-refractivity contribution in [2.75, 3.05) is 6.61 Å². The highest BCUT2D eigenvalue weighted by atomic mass is 16.6. The molecular weight excluding hydrogens is 214 g/mol. The zero-order valence-corrected chi connectivity index (χ0v) is 9.76. The number of carbonyl (C=O) groups excluding carboxylic acids is 2. The van der Waals surface area contributed by atoms with Crippen LogP contribution in [-0.4, -0.2) is 29.3 Å². The van der Waals surface area contributed by atoms with Gasteiger partial charge in [0.15, 0.2) is 0 Å². The first-order chi connectivity index (χ1) is 7.43. The van der Waals surface area contributed by atoms with Crippen LogP contribution in [0.2, 0.25) is 0 Å². The highest BCUT2D eigenvalue weighted by Gasteiger charge is 2.37. The summed E-state index contributed by atoms with van der Waals surface area (Å²) in [7, 11) is 0. The number of carbonyl (C=O) groups is 2. The zero-order valence-electron chi connectivity index (χ0n) is 9.76. The first kappa shape index (κ1) is 14.5. The van der Waals surface area contributed by atoms with Crippen LogP contribution in [0.15, 0.2) is 0 Å². The van der Waals surface area contributed by atoms with Crippen LogP contribution in [0.3, 0.4) is 0 Å². The fraction of sp³-hybridized carbons (Fsp3) is 0.800. The first-order valence-electron chi connectivity index (χ1n) is 5.25. The third kappa shape index (κ3) is 4.37. The minimum absolute atomic E-state index is 0.0287. The van der Waals surface area contributed by atoms with E-state index < -0.39 is 22.9 Å². The lowest BCUT2D eigenvalue weighted by Gasteiger charge is -2.14. The molecule has 0 aliphatic heterocycles. The summed E-state index contributed by atoms with van der Waals surface area (Å²) < 4.78 is 4.61. The summed E-state index contributed by atoms with van der Waals surface area (Å²) in [6, 6.07) is -1.45. The molecule has 0 bridgehead atoms. The van der Waals surface area contributed by atoms with E-state index in [1.807, 2.05) is 0 Å². The molecule has 0 aromatic carbocycles. The van der Waals surface area contributed by atoms with Crippen LogP contribution in [0, 0.1) is 16.0 Å². The molecule has 16 heavy (non-hydrogen) atoms. The van der Waals surface area contributed by atoms with Crippen LogP contribution in [0.4, 0.5) is 0 Å². The average Bonchev–Trinajstić information content (AvgIpc) is 2.17. The van der Waals surface area contributed by atoms with E-state index in [4.69, 9.17) is 0 Å². The molecule has 0 aromatic rings. The third-order valence-corrected chi connectivity index (χ3v) is 2.24. The highest BCUT2D eigenvalue weighted by Crippen LogP contribution is 2.14. The van der Waals surface area contributed by atoms with Crippen molar-refractivity contribution in [1.29, 1.82) is 0 Å². The van der Waals surface area contributed by atoms with E-state index >= 15 is 0 Å². The number of Topliss-reactive ketones (excluding diaryl/α,β-unsaturated/α-hetero) is 1.